The number of hydrogen-bond donors (Lipinski definition) is 1. The van der Waals surface area contributed by atoms with Gasteiger partial charge in [-0.1, -0.05) is 0 Å². The molecule has 0 fully saturated rings. The molecule has 1 rings (SSSR count). The Hall–Kier alpha value is -2.30. The van der Waals surface area contributed by atoms with Crippen molar-refractivity contribution in [2.75, 3.05) is 12.4 Å². The van der Waals surface area contributed by atoms with E-state index in [4.69, 9.17) is 0 Å². The fourth-order valence-electron chi connectivity index (χ4n) is 1.32. The van der Waals surface area contributed by atoms with Gasteiger partial charge < -0.3 is 14.2 Å². The number of methoxy groups -OCH3 is 1. The van der Waals surface area contributed by atoms with Crippen LogP contribution < -0.4 is 9.50 Å². The van der Waals surface area contributed by atoms with Crippen LogP contribution in [-0.4, -0.2) is 32.9 Å². The minimum Gasteiger partial charge on any atom is -0.465 e. The molecule has 1 aromatic carbocycles. The lowest BCUT2D eigenvalue weighted by Gasteiger charge is -2.13. The molecule has 0 aliphatic carbocycles. The first-order valence-electron chi connectivity index (χ1n) is 5.48. The molecule has 0 atom stereocenters. The average Bonchev–Trinajstić information content (AvgIpc) is 2.37. The summed E-state index contributed by atoms with van der Waals surface area (Å²) in [6, 6.07) is 2.78. The van der Waals surface area contributed by atoms with E-state index in [1.807, 2.05) is 0 Å². The fourth-order valence-corrected chi connectivity index (χ4v) is 1.79. The van der Waals surface area contributed by atoms with E-state index in [0.29, 0.717) is 0 Å². The number of rotatable bonds is 4. The number of benzene rings is 1. The number of ether oxygens (including phenoxy) is 1. The molecule has 11 heteroatoms. The van der Waals surface area contributed by atoms with Crippen LogP contribution in [0.5, 0.6) is 5.75 Å². The Labute approximate surface area is 123 Å². The zero-order chi connectivity index (χ0) is 17.1. The number of amides is 1. The second-order valence-corrected chi connectivity index (χ2v) is 5.40. The first kappa shape index (κ1) is 17.8. The molecule has 1 aromatic rings. The third-order valence-electron chi connectivity index (χ3n) is 2.19. The summed E-state index contributed by atoms with van der Waals surface area (Å²) in [5.74, 6) is -2.52. The van der Waals surface area contributed by atoms with Gasteiger partial charge in [0.2, 0.25) is 5.91 Å². The molecule has 0 saturated heterocycles. The van der Waals surface area contributed by atoms with Crippen molar-refractivity contribution < 1.29 is 40.1 Å². The number of alkyl halides is 3. The maximum Gasteiger partial charge on any atom is 0.534 e. The highest BCUT2D eigenvalue weighted by Crippen LogP contribution is 2.30. The lowest BCUT2D eigenvalue weighted by atomic mass is 10.2. The Bertz CT molecular complexity index is 698. The Morgan fingerprint density at radius 1 is 1.23 bits per heavy atom. The van der Waals surface area contributed by atoms with E-state index in [9.17, 15) is 31.2 Å². The molecule has 0 radical (unpaired) electrons. The van der Waals surface area contributed by atoms with Crippen LogP contribution >= 0.6 is 0 Å². The number of nitrogens with one attached hydrogen (secondary N) is 1. The molecule has 0 unspecified atom stereocenters. The summed E-state index contributed by atoms with van der Waals surface area (Å²) in [6.45, 7) is 1.16. The van der Waals surface area contributed by atoms with Crippen molar-refractivity contribution in [3.63, 3.8) is 0 Å². The summed E-state index contributed by atoms with van der Waals surface area (Å²) < 4.78 is 67.1. The number of carbonyl (C=O) groups excluding carboxylic acids is 2. The zero-order valence-electron chi connectivity index (χ0n) is 11.2. The van der Waals surface area contributed by atoms with Crippen molar-refractivity contribution in [2.24, 2.45) is 0 Å². The Kier molecular flexibility index (Phi) is 5.02. The van der Waals surface area contributed by atoms with Crippen LogP contribution in [0.25, 0.3) is 0 Å². The molecule has 7 nitrogen and oxygen atoms in total. The van der Waals surface area contributed by atoms with Crippen LogP contribution in [0.1, 0.15) is 17.3 Å². The highest BCUT2D eigenvalue weighted by Gasteiger charge is 2.49. The molecule has 122 valence electrons. The number of carbonyl (C=O) groups is 2. The molecule has 0 saturated carbocycles. The summed E-state index contributed by atoms with van der Waals surface area (Å²) in [5, 5.41) is 2.27. The maximum atomic E-state index is 12.3. The highest BCUT2D eigenvalue weighted by molar-refractivity contribution is 7.88. The maximum absolute atomic E-state index is 12.3. The third kappa shape index (κ3) is 4.10. The topological polar surface area (TPSA) is 98.8 Å². The van der Waals surface area contributed by atoms with E-state index in [0.717, 1.165) is 32.2 Å². The largest absolute Gasteiger partial charge is 0.534 e. The van der Waals surface area contributed by atoms with E-state index >= 15 is 0 Å². The monoisotopic (exact) mass is 341 g/mol. The lowest BCUT2D eigenvalue weighted by molar-refractivity contribution is -0.114. The van der Waals surface area contributed by atoms with Gasteiger partial charge in [-0.3, -0.25) is 4.79 Å². The standard InChI is InChI=1S/C11H10F3NO6S/c1-6(16)15-7-3-4-9(8(5-7)10(17)20-2)21-22(18,19)11(12,13)14/h3-5H,1-2H3,(H,15,16). The van der Waals surface area contributed by atoms with E-state index < -0.39 is 38.8 Å². The van der Waals surface area contributed by atoms with Gasteiger partial charge in [-0.15, -0.1) is 0 Å². The van der Waals surface area contributed by atoms with E-state index in [1.165, 1.54) is 0 Å². The van der Waals surface area contributed by atoms with Crippen LogP contribution in [0.3, 0.4) is 0 Å². The molecule has 0 aliphatic heterocycles. The van der Waals surface area contributed by atoms with Crippen LogP contribution in [-0.2, 0) is 19.6 Å². The lowest BCUT2D eigenvalue weighted by Crippen LogP contribution is -2.28. The van der Waals surface area contributed by atoms with E-state index in [-0.39, 0.29) is 5.69 Å². The normalized spacial score (nSPS) is 11.7. The molecule has 0 aromatic heterocycles. The Morgan fingerprint density at radius 2 is 1.82 bits per heavy atom. The van der Waals surface area contributed by atoms with Crippen molar-refractivity contribution in [1.29, 1.82) is 0 Å². The minimum absolute atomic E-state index is 0.0460. The van der Waals surface area contributed by atoms with Crippen molar-refractivity contribution in [2.45, 2.75) is 12.4 Å². The van der Waals surface area contributed by atoms with Gasteiger partial charge in [0.1, 0.15) is 5.56 Å². The second kappa shape index (κ2) is 6.22. The van der Waals surface area contributed by atoms with Gasteiger partial charge in [0.15, 0.2) is 5.75 Å². The predicted molar refractivity (Wildman–Crippen MR) is 67.7 cm³/mol. The molecule has 22 heavy (non-hydrogen) atoms. The number of hydrogen-bond acceptors (Lipinski definition) is 6. The van der Waals surface area contributed by atoms with Gasteiger partial charge in [0.05, 0.1) is 7.11 Å². The molecule has 0 bridgehead atoms. The third-order valence-corrected chi connectivity index (χ3v) is 3.15. The van der Waals surface area contributed by atoms with Gasteiger partial charge in [0.25, 0.3) is 0 Å². The van der Waals surface area contributed by atoms with Crippen LogP contribution in [0, 0.1) is 0 Å². The average molecular weight is 341 g/mol. The fraction of sp³-hybridized carbons (Fsp3) is 0.273. The molecule has 1 amide bonds. The van der Waals surface area contributed by atoms with Crippen LogP contribution in [0.4, 0.5) is 18.9 Å². The second-order valence-electron chi connectivity index (χ2n) is 3.87. The molecule has 1 N–H and O–H groups in total. The first-order chi connectivity index (χ1) is 9.98. The highest BCUT2D eigenvalue weighted by atomic mass is 32.2. The van der Waals surface area contributed by atoms with Crippen molar-refractivity contribution in [1.82, 2.24) is 0 Å². The molecule has 0 spiro atoms. The molecule has 0 aliphatic rings. The summed E-state index contributed by atoms with van der Waals surface area (Å²) in [6.07, 6.45) is 0. The van der Waals surface area contributed by atoms with Crippen LogP contribution in [0.15, 0.2) is 18.2 Å². The van der Waals surface area contributed by atoms with Gasteiger partial charge in [-0.05, 0) is 18.2 Å². The number of halogens is 3. The number of anilines is 1. The number of esters is 1. The molecular weight excluding hydrogens is 331 g/mol. The first-order valence-corrected chi connectivity index (χ1v) is 6.89. The Balaban J connectivity index is 3.30. The smallest absolute Gasteiger partial charge is 0.465 e. The van der Waals surface area contributed by atoms with E-state index in [2.05, 4.69) is 14.2 Å². The van der Waals surface area contributed by atoms with Gasteiger partial charge in [-0.2, -0.15) is 21.6 Å². The van der Waals surface area contributed by atoms with E-state index in [1.54, 1.807) is 0 Å². The summed E-state index contributed by atoms with van der Waals surface area (Å²) in [7, 11) is -5.01. The Morgan fingerprint density at radius 3 is 2.27 bits per heavy atom. The van der Waals surface area contributed by atoms with Gasteiger partial charge in [-0.25, -0.2) is 4.79 Å². The van der Waals surface area contributed by atoms with Crippen molar-refractivity contribution in [3.8, 4) is 5.75 Å². The van der Waals surface area contributed by atoms with Gasteiger partial charge >= 0.3 is 21.6 Å². The minimum atomic E-state index is -5.95. The predicted octanol–water partition coefficient (Wildman–Crippen LogP) is 1.66. The molecular formula is C11H10F3NO6S. The summed E-state index contributed by atoms with van der Waals surface area (Å²) >= 11 is 0. The molecule has 0 heterocycles. The van der Waals surface area contributed by atoms with Crippen LogP contribution in [0.2, 0.25) is 0 Å². The zero-order valence-corrected chi connectivity index (χ0v) is 12.0. The van der Waals surface area contributed by atoms with Crippen molar-refractivity contribution in [3.05, 3.63) is 23.8 Å². The quantitative estimate of drug-likeness (QED) is 0.508. The van der Waals surface area contributed by atoms with Crippen molar-refractivity contribution >= 4 is 27.7 Å². The van der Waals surface area contributed by atoms with Gasteiger partial charge in [0, 0.05) is 12.6 Å². The summed E-state index contributed by atoms with van der Waals surface area (Å²) in [5.41, 5.74) is -6.21. The SMILES string of the molecule is COC(=O)c1cc(NC(C)=O)ccc1OS(=O)(=O)C(F)(F)F. The summed E-state index contributed by atoms with van der Waals surface area (Å²) in [4.78, 5) is 22.4.